The van der Waals surface area contributed by atoms with Gasteiger partial charge in [-0.1, -0.05) is 25.1 Å². The molecule has 0 aliphatic heterocycles. The largest absolute Gasteiger partial charge is 0.469 e. The molecule has 0 amide bonds. The van der Waals surface area contributed by atoms with E-state index in [1.54, 1.807) is 0 Å². The van der Waals surface area contributed by atoms with Gasteiger partial charge in [-0.05, 0) is 24.7 Å². The normalized spacial score (nSPS) is 12.6. The summed E-state index contributed by atoms with van der Waals surface area (Å²) in [5.74, 6) is -0.297. The van der Waals surface area contributed by atoms with Crippen LogP contribution in [0.15, 0.2) is 36.5 Å². The summed E-state index contributed by atoms with van der Waals surface area (Å²) in [7, 11) is 3.43. The first-order chi connectivity index (χ1) is 9.61. The van der Waals surface area contributed by atoms with Gasteiger partial charge in [0.25, 0.3) is 0 Å². The molecule has 0 aliphatic carbocycles. The summed E-state index contributed by atoms with van der Waals surface area (Å²) in [5.41, 5.74) is 2.22. The third-order valence-electron chi connectivity index (χ3n) is 3.37. The highest BCUT2D eigenvalue weighted by Crippen LogP contribution is 2.17. The van der Waals surface area contributed by atoms with Crippen LogP contribution >= 0.6 is 0 Å². The summed E-state index contributed by atoms with van der Waals surface area (Å²) < 4.78 is 4.76. The van der Waals surface area contributed by atoms with Gasteiger partial charge in [0.1, 0.15) is 0 Å². The first-order valence-corrected chi connectivity index (χ1v) is 6.71. The molecule has 0 saturated heterocycles. The zero-order valence-corrected chi connectivity index (χ0v) is 12.2. The molecule has 1 heterocycles. The number of para-hydroxylation sites is 1. The maximum atomic E-state index is 11.5. The number of aromatic nitrogens is 1. The number of nitrogens with zero attached hydrogens (tertiary/aromatic N) is 2. The first kappa shape index (κ1) is 14.5. The van der Waals surface area contributed by atoms with Crippen LogP contribution in [-0.4, -0.2) is 36.6 Å². The molecule has 0 aliphatic rings. The van der Waals surface area contributed by atoms with Crippen LogP contribution < -0.4 is 0 Å². The van der Waals surface area contributed by atoms with Crippen molar-refractivity contribution in [3.63, 3.8) is 0 Å². The second kappa shape index (κ2) is 6.48. The highest BCUT2D eigenvalue weighted by atomic mass is 16.5. The van der Waals surface area contributed by atoms with Crippen molar-refractivity contribution in [2.75, 3.05) is 20.7 Å². The number of benzene rings is 1. The summed E-state index contributed by atoms with van der Waals surface area (Å²) in [5, 5.41) is 1.16. The topological polar surface area (TPSA) is 42.4 Å². The Hall–Kier alpha value is -1.94. The number of pyridine rings is 1. The molecule has 2 rings (SSSR count). The lowest BCUT2D eigenvalue weighted by Crippen LogP contribution is -2.29. The Morgan fingerprint density at radius 1 is 1.35 bits per heavy atom. The lowest BCUT2D eigenvalue weighted by atomic mass is 10.1. The van der Waals surface area contributed by atoms with E-state index < -0.39 is 0 Å². The van der Waals surface area contributed by atoms with E-state index in [1.807, 2.05) is 44.4 Å². The molecule has 20 heavy (non-hydrogen) atoms. The van der Waals surface area contributed by atoms with Crippen LogP contribution in [0.1, 0.15) is 12.5 Å². The fraction of sp³-hybridized carbons (Fsp3) is 0.375. The number of carbonyl (C=O) groups excluding carboxylic acids is 1. The Kier molecular flexibility index (Phi) is 4.69. The molecule has 2 aromatic rings. The molecule has 4 nitrogen and oxygen atoms in total. The van der Waals surface area contributed by atoms with E-state index in [-0.39, 0.29) is 11.9 Å². The SMILES string of the molecule is COC(=O)C(C)CN(C)Cc1ccnc2ccccc12. The lowest BCUT2D eigenvalue weighted by molar-refractivity contribution is -0.145. The van der Waals surface area contributed by atoms with Crippen molar-refractivity contribution in [2.24, 2.45) is 5.92 Å². The van der Waals surface area contributed by atoms with Crippen LogP contribution in [0.25, 0.3) is 10.9 Å². The van der Waals surface area contributed by atoms with E-state index in [4.69, 9.17) is 4.74 Å². The van der Waals surface area contributed by atoms with Gasteiger partial charge in [0.2, 0.25) is 0 Å². The molecule has 0 radical (unpaired) electrons. The summed E-state index contributed by atoms with van der Waals surface area (Å²) >= 11 is 0. The van der Waals surface area contributed by atoms with E-state index in [2.05, 4.69) is 16.0 Å². The number of hydrogen-bond acceptors (Lipinski definition) is 4. The number of ether oxygens (including phenoxy) is 1. The van der Waals surface area contributed by atoms with Crippen molar-refractivity contribution >= 4 is 16.9 Å². The molecule has 0 fully saturated rings. The number of esters is 1. The minimum absolute atomic E-state index is 0.127. The summed E-state index contributed by atoms with van der Waals surface area (Å²) in [6, 6.07) is 10.1. The molecule has 1 atom stereocenters. The molecule has 1 aromatic heterocycles. The van der Waals surface area contributed by atoms with Gasteiger partial charge in [0.15, 0.2) is 0 Å². The van der Waals surface area contributed by atoms with E-state index in [0.29, 0.717) is 6.54 Å². The fourth-order valence-electron chi connectivity index (χ4n) is 2.39. The predicted molar refractivity (Wildman–Crippen MR) is 79.3 cm³/mol. The van der Waals surface area contributed by atoms with E-state index in [9.17, 15) is 4.79 Å². The molecule has 0 saturated carbocycles. The van der Waals surface area contributed by atoms with Gasteiger partial charge < -0.3 is 9.64 Å². The van der Waals surface area contributed by atoms with Crippen LogP contribution in [0, 0.1) is 5.92 Å². The Morgan fingerprint density at radius 3 is 2.85 bits per heavy atom. The predicted octanol–water partition coefficient (Wildman–Crippen LogP) is 2.48. The average molecular weight is 272 g/mol. The van der Waals surface area contributed by atoms with Gasteiger partial charge in [-0.25, -0.2) is 0 Å². The second-order valence-electron chi connectivity index (χ2n) is 5.11. The quantitative estimate of drug-likeness (QED) is 0.784. The molecule has 1 aromatic carbocycles. The van der Waals surface area contributed by atoms with Gasteiger partial charge >= 0.3 is 5.97 Å². The summed E-state index contributed by atoms with van der Waals surface area (Å²) in [6.07, 6.45) is 1.83. The fourth-order valence-corrected chi connectivity index (χ4v) is 2.39. The monoisotopic (exact) mass is 272 g/mol. The average Bonchev–Trinajstić information content (AvgIpc) is 2.46. The minimum atomic E-state index is -0.170. The van der Waals surface area contributed by atoms with E-state index in [0.717, 1.165) is 17.4 Å². The second-order valence-corrected chi connectivity index (χ2v) is 5.11. The van der Waals surface area contributed by atoms with Crippen LogP contribution in [0.5, 0.6) is 0 Å². The van der Waals surface area contributed by atoms with Crippen LogP contribution in [0.4, 0.5) is 0 Å². The van der Waals surface area contributed by atoms with Crippen molar-refractivity contribution in [3.8, 4) is 0 Å². The summed E-state index contributed by atoms with van der Waals surface area (Å²) in [6.45, 7) is 3.33. The zero-order valence-electron chi connectivity index (χ0n) is 12.2. The van der Waals surface area contributed by atoms with Crippen molar-refractivity contribution < 1.29 is 9.53 Å². The van der Waals surface area contributed by atoms with Gasteiger partial charge in [-0.2, -0.15) is 0 Å². The number of methoxy groups -OCH3 is 1. The van der Waals surface area contributed by atoms with Crippen LogP contribution in [-0.2, 0) is 16.1 Å². The molecule has 106 valence electrons. The molecule has 0 spiro atoms. The maximum absolute atomic E-state index is 11.5. The third kappa shape index (κ3) is 3.33. The molecule has 0 bridgehead atoms. The molecule has 1 unspecified atom stereocenters. The lowest BCUT2D eigenvalue weighted by Gasteiger charge is -2.20. The first-order valence-electron chi connectivity index (χ1n) is 6.71. The Bertz CT molecular complexity index is 593. The van der Waals surface area contributed by atoms with E-state index in [1.165, 1.54) is 12.7 Å². The minimum Gasteiger partial charge on any atom is -0.469 e. The van der Waals surface area contributed by atoms with Gasteiger partial charge in [0, 0.05) is 24.7 Å². The van der Waals surface area contributed by atoms with Gasteiger partial charge in [0.05, 0.1) is 18.5 Å². The van der Waals surface area contributed by atoms with Crippen molar-refractivity contribution in [2.45, 2.75) is 13.5 Å². The van der Waals surface area contributed by atoms with Gasteiger partial charge in [-0.3, -0.25) is 9.78 Å². The Labute approximate surface area is 119 Å². The highest BCUT2D eigenvalue weighted by Gasteiger charge is 2.16. The molecular weight excluding hydrogens is 252 g/mol. The number of hydrogen-bond donors (Lipinski definition) is 0. The van der Waals surface area contributed by atoms with Crippen LogP contribution in [0.3, 0.4) is 0 Å². The summed E-state index contributed by atoms with van der Waals surface area (Å²) in [4.78, 5) is 17.9. The number of carbonyl (C=O) groups is 1. The van der Waals surface area contributed by atoms with Crippen molar-refractivity contribution in [3.05, 3.63) is 42.1 Å². The van der Waals surface area contributed by atoms with Gasteiger partial charge in [-0.15, -0.1) is 0 Å². The molecule has 4 heteroatoms. The van der Waals surface area contributed by atoms with E-state index >= 15 is 0 Å². The standard InChI is InChI=1S/C16H20N2O2/c1-12(16(19)20-3)10-18(2)11-13-8-9-17-15-7-5-4-6-14(13)15/h4-9,12H,10-11H2,1-3H3. The zero-order chi connectivity index (χ0) is 14.5. The molecular formula is C16H20N2O2. The van der Waals surface area contributed by atoms with Crippen molar-refractivity contribution in [1.82, 2.24) is 9.88 Å². The van der Waals surface area contributed by atoms with Crippen molar-refractivity contribution in [1.29, 1.82) is 0 Å². The maximum Gasteiger partial charge on any atom is 0.309 e. The third-order valence-corrected chi connectivity index (χ3v) is 3.37. The highest BCUT2D eigenvalue weighted by molar-refractivity contribution is 5.81. The Morgan fingerprint density at radius 2 is 2.10 bits per heavy atom. The van der Waals surface area contributed by atoms with Crippen LogP contribution in [0.2, 0.25) is 0 Å². The molecule has 0 N–H and O–H groups in total. The number of rotatable bonds is 5. The smallest absolute Gasteiger partial charge is 0.309 e. The Balaban J connectivity index is 2.10. The number of fused-ring (bicyclic) bond motifs is 1.